The van der Waals surface area contributed by atoms with Gasteiger partial charge in [-0.2, -0.15) is 5.10 Å². The second kappa shape index (κ2) is 9.26. The van der Waals surface area contributed by atoms with E-state index in [-0.39, 0.29) is 16.6 Å². The molecule has 174 valence electrons. The lowest BCUT2D eigenvalue weighted by atomic mass is 10.1. The minimum Gasteiger partial charge on any atom is -0.356 e. The molecule has 11 heteroatoms. The molecular formula is C22H19F5N4O2. The number of anilines is 1. The molecule has 1 fully saturated rings. The van der Waals surface area contributed by atoms with E-state index >= 15 is 4.39 Å². The van der Waals surface area contributed by atoms with E-state index in [1.165, 1.54) is 23.0 Å². The quantitative estimate of drug-likeness (QED) is 0.392. The Morgan fingerprint density at radius 1 is 1.27 bits per heavy atom. The van der Waals surface area contributed by atoms with Crippen LogP contribution >= 0.6 is 0 Å². The van der Waals surface area contributed by atoms with Gasteiger partial charge in [-0.05, 0) is 32.3 Å². The molecular weight excluding hydrogens is 447 g/mol. The van der Waals surface area contributed by atoms with Crippen LogP contribution in [0.25, 0.3) is 17.0 Å². The van der Waals surface area contributed by atoms with Crippen molar-refractivity contribution in [3.8, 4) is 0 Å². The van der Waals surface area contributed by atoms with Crippen LogP contribution < -0.4 is 5.32 Å². The van der Waals surface area contributed by atoms with E-state index in [4.69, 9.17) is 4.74 Å². The van der Waals surface area contributed by atoms with Gasteiger partial charge in [0.05, 0.1) is 18.1 Å². The summed E-state index contributed by atoms with van der Waals surface area (Å²) >= 11 is 0. The minimum atomic E-state index is -3.13. The minimum absolute atomic E-state index is 0.0917. The zero-order valence-electron chi connectivity index (χ0n) is 17.4. The molecule has 0 radical (unpaired) electrons. The Labute approximate surface area is 185 Å². The fourth-order valence-electron chi connectivity index (χ4n) is 3.66. The van der Waals surface area contributed by atoms with E-state index in [9.17, 15) is 22.4 Å². The molecule has 3 heterocycles. The maximum absolute atomic E-state index is 15.2. The van der Waals surface area contributed by atoms with E-state index in [0.717, 1.165) is 19.8 Å². The Bertz CT molecular complexity index is 1240. The topological polar surface area (TPSA) is 69.0 Å². The summed E-state index contributed by atoms with van der Waals surface area (Å²) in [5.74, 6) is -4.68. The Kier molecular flexibility index (Phi) is 6.41. The predicted molar refractivity (Wildman–Crippen MR) is 110 cm³/mol. The van der Waals surface area contributed by atoms with Crippen LogP contribution in [-0.4, -0.2) is 27.3 Å². The first-order valence-corrected chi connectivity index (χ1v) is 10.2. The summed E-state index contributed by atoms with van der Waals surface area (Å²) in [5, 5.41) is 6.56. The summed E-state index contributed by atoms with van der Waals surface area (Å²) in [6.45, 7) is 1.65. The van der Waals surface area contributed by atoms with Gasteiger partial charge in [0.15, 0.2) is 17.9 Å². The first-order valence-electron chi connectivity index (χ1n) is 10.2. The van der Waals surface area contributed by atoms with E-state index in [0.29, 0.717) is 30.7 Å². The number of pyridine rings is 1. The number of nitrogens with zero attached hydrogens (tertiary/aromatic N) is 3. The molecule has 0 bridgehead atoms. The second-order valence-electron chi connectivity index (χ2n) is 7.56. The van der Waals surface area contributed by atoms with Crippen LogP contribution in [0.4, 0.5) is 27.6 Å². The summed E-state index contributed by atoms with van der Waals surface area (Å²) in [7, 11) is 0. The van der Waals surface area contributed by atoms with Crippen LogP contribution in [0.5, 0.6) is 0 Å². The number of halogens is 5. The monoisotopic (exact) mass is 466 g/mol. The van der Waals surface area contributed by atoms with Gasteiger partial charge < -0.3 is 10.1 Å². The number of benzene rings is 1. The Morgan fingerprint density at radius 3 is 2.76 bits per heavy atom. The predicted octanol–water partition coefficient (Wildman–Crippen LogP) is 5.60. The molecule has 33 heavy (non-hydrogen) atoms. The zero-order chi connectivity index (χ0) is 23.7. The number of carbonyl (C=O) groups excluding carboxylic acids is 1. The average molecular weight is 466 g/mol. The molecule has 0 saturated carbocycles. The second-order valence-corrected chi connectivity index (χ2v) is 7.56. The Balaban J connectivity index is 1.65. The summed E-state index contributed by atoms with van der Waals surface area (Å²) in [6, 6.07) is 2.77. The van der Waals surface area contributed by atoms with Crippen LogP contribution in [0.2, 0.25) is 0 Å². The number of nitrogens with one attached hydrogen (secondary N) is 1. The zero-order valence-corrected chi connectivity index (χ0v) is 17.4. The number of amides is 1. The number of rotatable bonds is 5. The summed E-state index contributed by atoms with van der Waals surface area (Å²) in [6.07, 6.45) is 1.49. The lowest BCUT2D eigenvalue weighted by Crippen LogP contribution is -2.19. The molecule has 3 aromatic rings. The standard InChI is InChI=1S/C22H19F5N4O2/c1-11-15(24)10-28-19(21(26)27)18(11)30-22(32)14(23)8-12-5-6-13-9-29-31(20(13)17(12)25)16-4-2-3-7-33-16/h5-6,8-10,16,21H,2-4,7H2,1H3,(H,30,32)/b14-8-. The number of hydrogen-bond acceptors (Lipinski definition) is 4. The molecule has 6 nitrogen and oxygen atoms in total. The van der Waals surface area contributed by atoms with Gasteiger partial charge in [-0.3, -0.25) is 4.79 Å². The van der Waals surface area contributed by atoms with Gasteiger partial charge in [0.25, 0.3) is 12.3 Å². The summed E-state index contributed by atoms with van der Waals surface area (Å²) < 4.78 is 77.0. The van der Waals surface area contributed by atoms with E-state index in [1.54, 1.807) is 0 Å². The van der Waals surface area contributed by atoms with Crippen molar-refractivity contribution in [3.63, 3.8) is 0 Å². The van der Waals surface area contributed by atoms with Crippen molar-refractivity contribution in [2.24, 2.45) is 0 Å². The van der Waals surface area contributed by atoms with Crippen molar-refractivity contribution < 1.29 is 31.5 Å². The summed E-state index contributed by atoms with van der Waals surface area (Å²) in [5.41, 5.74) is -2.03. The smallest absolute Gasteiger partial charge is 0.284 e. The number of alkyl halides is 2. The number of fused-ring (bicyclic) bond motifs is 1. The highest BCUT2D eigenvalue weighted by Crippen LogP contribution is 2.31. The average Bonchev–Trinajstić information content (AvgIpc) is 3.24. The van der Waals surface area contributed by atoms with Crippen LogP contribution in [0.3, 0.4) is 0 Å². The van der Waals surface area contributed by atoms with Gasteiger partial charge in [-0.15, -0.1) is 0 Å². The van der Waals surface area contributed by atoms with Crippen LogP contribution in [0.1, 0.15) is 48.7 Å². The van der Waals surface area contributed by atoms with Crippen LogP contribution in [-0.2, 0) is 9.53 Å². The number of hydrogen-bond donors (Lipinski definition) is 1. The molecule has 1 atom stereocenters. The normalized spacial score (nSPS) is 17.1. The SMILES string of the molecule is Cc1c(F)cnc(C(F)F)c1NC(=O)/C(F)=C/c1ccc2cnn(C3CCCCO3)c2c1F. The fourth-order valence-corrected chi connectivity index (χ4v) is 3.66. The highest BCUT2D eigenvalue weighted by molar-refractivity contribution is 6.05. The van der Waals surface area contributed by atoms with Gasteiger partial charge in [-0.1, -0.05) is 12.1 Å². The molecule has 1 unspecified atom stereocenters. The van der Waals surface area contributed by atoms with Crippen LogP contribution in [0, 0.1) is 18.6 Å². The van der Waals surface area contributed by atoms with E-state index in [2.05, 4.69) is 10.1 Å². The van der Waals surface area contributed by atoms with Crippen molar-refractivity contribution in [2.75, 3.05) is 11.9 Å². The molecule has 1 saturated heterocycles. The van der Waals surface area contributed by atoms with Crippen molar-refractivity contribution >= 4 is 28.6 Å². The number of carbonyl (C=O) groups is 1. The largest absolute Gasteiger partial charge is 0.356 e. The van der Waals surface area contributed by atoms with Gasteiger partial charge in [0, 0.05) is 23.1 Å². The Morgan fingerprint density at radius 2 is 2.06 bits per heavy atom. The molecule has 2 aromatic heterocycles. The first-order chi connectivity index (χ1) is 15.8. The molecule has 1 amide bonds. The molecule has 0 spiro atoms. The molecule has 4 rings (SSSR count). The van der Waals surface area contributed by atoms with E-state index < -0.39 is 47.4 Å². The van der Waals surface area contributed by atoms with Gasteiger partial charge in [0.1, 0.15) is 17.0 Å². The first kappa shape index (κ1) is 22.8. The number of aromatic nitrogens is 3. The summed E-state index contributed by atoms with van der Waals surface area (Å²) in [4.78, 5) is 15.6. The molecule has 1 N–H and O–H groups in total. The maximum atomic E-state index is 15.2. The van der Waals surface area contributed by atoms with Crippen molar-refractivity contribution in [1.82, 2.24) is 14.8 Å². The molecule has 1 aliphatic heterocycles. The van der Waals surface area contributed by atoms with Gasteiger partial charge >= 0.3 is 0 Å². The van der Waals surface area contributed by atoms with Gasteiger partial charge in [-0.25, -0.2) is 31.6 Å². The van der Waals surface area contributed by atoms with Crippen LogP contribution in [0.15, 0.2) is 30.4 Å². The third-order valence-electron chi connectivity index (χ3n) is 5.41. The molecule has 1 aromatic carbocycles. The highest BCUT2D eigenvalue weighted by Gasteiger charge is 2.24. The maximum Gasteiger partial charge on any atom is 0.284 e. The van der Waals surface area contributed by atoms with E-state index in [1.807, 2.05) is 5.32 Å². The highest BCUT2D eigenvalue weighted by atomic mass is 19.3. The lowest BCUT2D eigenvalue weighted by Gasteiger charge is -2.23. The van der Waals surface area contributed by atoms with Crippen molar-refractivity contribution in [3.05, 3.63) is 58.8 Å². The Hall–Kier alpha value is -3.34. The van der Waals surface area contributed by atoms with Crippen molar-refractivity contribution in [2.45, 2.75) is 38.8 Å². The molecule has 1 aliphatic rings. The van der Waals surface area contributed by atoms with Crippen molar-refractivity contribution in [1.29, 1.82) is 0 Å². The van der Waals surface area contributed by atoms with Gasteiger partial charge in [0.2, 0.25) is 0 Å². The third kappa shape index (κ3) is 4.45. The fraction of sp³-hybridized carbons (Fsp3) is 0.318. The lowest BCUT2D eigenvalue weighted by molar-refractivity contribution is -0.114. The third-order valence-corrected chi connectivity index (χ3v) is 5.41. The number of ether oxygens (including phenoxy) is 1. The molecule has 0 aliphatic carbocycles.